The predicted molar refractivity (Wildman–Crippen MR) is 39.1 cm³/mol. The Balaban J connectivity index is 2.62. The summed E-state index contributed by atoms with van der Waals surface area (Å²) in [4.78, 5) is 0. The molecule has 0 radical (unpaired) electrons. The quantitative estimate of drug-likeness (QED) is 0.247. The van der Waals surface area contributed by atoms with Gasteiger partial charge in [0.25, 0.3) is 0 Å². The molecule has 2 unspecified atom stereocenters. The average Bonchev–Trinajstić information content (AvgIpc) is 2.31. The lowest BCUT2D eigenvalue weighted by Crippen LogP contribution is -2.48. The van der Waals surface area contributed by atoms with Gasteiger partial charge in [-0.15, -0.1) is 0 Å². The third-order valence-electron chi connectivity index (χ3n) is 1.96. The van der Waals surface area contributed by atoms with Crippen molar-refractivity contribution in [3.63, 3.8) is 0 Å². The van der Waals surface area contributed by atoms with Gasteiger partial charge in [0.15, 0.2) is 6.29 Å². The summed E-state index contributed by atoms with van der Waals surface area (Å²) < 4.78 is 4.57. The molecule has 13 heavy (non-hydrogen) atoms. The van der Waals surface area contributed by atoms with Gasteiger partial charge < -0.3 is 36.0 Å². The fourth-order valence-electron chi connectivity index (χ4n) is 1.16. The van der Waals surface area contributed by atoms with Crippen LogP contribution in [-0.2, 0) is 4.74 Å². The molecule has 1 saturated heterocycles. The van der Waals surface area contributed by atoms with Gasteiger partial charge in [-0.1, -0.05) is 0 Å². The van der Waals surface area contributed by atoms with Crippen molar-refractivity contribution in [2.24, 2.45) is 5.73 Å². The first-order chi connectivity index (χ1) is 5.95. The molecule has 0 aromatic rings. The van der Waals surface area contributed by atoms with E-state index in [4.69, 9.17) is 26.2 Å². The SMILES string of the molecule is NC(O)[C@@H](O)[C@H]1OC(O)[C@H](O)[C@H]1O. The van der Waals surface area contributed by atoms with Gasteiger partial charge in [0.1, 0.15) is 30.6 Å². The summed E-state index contributed by atoms with van der Waals surface area (Å²) in [6.45, 7) is 0. The summed E-state index contributed by atoms with van der Waals surface area (Å²) >= 11 is 0. The van der Waals surface area contributed by atoms with Gasteiger partial charge >= 0.3 is 0 Å². The third-order valence-corrected chi connectivity index (χ3v) is 1.96. The molecule has 7 nitrogen and oxygen atoms in total. The molecule has 0 spiro atoms. The van der Waals surface area contributed by atoms with Gasteiger partial charge in [-0.3, -0.25) is 0 Å². The third kappa shape index (κ3) is 1.97. The maximum atomic E-state index is 9.19. The van der Waals surface area contributed by atoms with Crippen molar-refractivity contribution >= 4 is 0 Å². The number of rotatable bonds is 2. The molecule has 0 aliphatic carbocycles. The minimum atomic E-state index is -1.60. The van der Waals surface area contributed by atoms with E-state index in [1.807, 2.05) is 0 Å². The van der Waals surface area contributed by atoms with E-state index >= 15 is 0 Å². The molecular formula is C6H13NO6. The highest BCUT2D eigenvalue weighted by Gasteiger charge is 2.46. The normalized spacial score (nSPS) is 44.8. The Kier molecular flexibility index (Phi) is 3.19. The highest BCUT2D eigenvalue weighted by atomic mass is 16.6. The molecule has 1 fully saturated rings. The van der Waals surface area contributed by atoms with Crippen LogP contribution >= 0.6 is 0 Å². The lowest BCUT2D eigenvalue weighted by Gasteiger charge is -2.22. The van der Waals surface area contributed by atoms with Crippen LogP contribution in [0.25, 0.3) is 0 Å². The van der Waals surface area contributed by atoms with Crippen LogP contribution in [0.3, 0.4) is 0 Å². The molecule has 0 amide bonds. The average molecular weight is 195 g/mol. The van der Waals surface area contributed by atoms with Gasteiger partial charge in [0.05, 0.1) is 0 Å². The van der Waals surface area contributed by atoms with Crippen molar-refractivity contribution in [1.29, 1.82) is 0 Å². The minimum Gasteiger partial charge on any atom is -0.387 e. The molecule has 7 N–H and O–H groups in total. The van der Waals surface area contributed by atoms with Gasteiger partial charge in [-0.2, -0.15) is 0 Å². The van der Waals surface area contributed by atoms with Gasteiger partial charge in [0, 0.05) is 0 Å². The van der Waals surface area contributed by atoms with E-state index in [0.29, 0.717) is 0 Å². The second kappa shape index (κ2) is 3.84. The molecule has 0 saturated carbocycles. The van der Waals surface area contributed by atoms with E-state index in [2.05, 4.69) is 4.74 Å². The van der Waals surface area contributed by atoms with Crippen molar-refractivity contribution in [1.82, 2.24) is 0 Å². The summed E-state index contributed by atoms with van der Waals surface area (Å²) in [7, 11) is 0. The lowest BCUT2D eigenvalue weighted by molar-refractivity contribution is -0.159. The molecule has 0 aromatic carbocycles. The van der Waals surface area contributed by atoms with E-state index < -0.39 is 36.9 Å². The summed E-state index contributed by atoms with van der Waals surface area (Å²) in [6.07, 6.45) is -8.99. The Labute approximate surface area is 74.0 Å². The van der Waals surface area contributed by atoms with Crippen LogP contribution in [0.15, 0.2) is 0 Å². The van der Waals surface area contributed by atoms with E-state index in [0.717, 1.165) is 0 Å². The first-order valence-electron chi connectivity index (χ1n) is 3.76. The highest BCUT2D eigenvalue weighted by Crippen LogP contribution is 2.22. The maximum Gasteiger partial charge on any atom is 0.184 e. The van der Waals surface area contributed by atoms with Crippen molar-refractivity contribution in [3.05, 3.63) is 0 Å². The van der Waals surface area contributed by atoms with Crippen LogP contribution < -0.4 is 5.73 Å². The van der Waals surface area contributed by atoms with E-state index in [-0.39, 0.29) is 0 Å². The summed E-state index contributed by atoms with van der Waals surface area (Å²) in [5.41, 5.74) is 4.92. The Bertz CT molecular complexity index is 173. The smallest absolute Gasteiger partial charge is 0.184 e. The zero-order chi connectivity index (χ0) is 10.2. The summed E-state index contributed by atoms with van der Waals surface area (Å²) in [5.74, 6) is 0. The van der Waals surface area contributed by atoms with Crippen LogP contribution in [0.2, 0.25) is 0 Å². The van der Waals surface area contributed by atoms with E-state index in [9.17, 15) is 5.11 Å². The van der Waals surface area contributed by atoms with Crippen LogP contribution in [0, 0.1) is 0 Å². The zero-order valence-electron chi connectivity index (χ0n) is 6.69. The molecule has 1 aliphatic rings. The van der Waals surface area contributed by atoms with E-state index in [1.165, 1.54) is 0 Å². The Morgan fingerprint density at radius 2 is 1.62 bits per heavy atom. The number of nitrogens with two attached hydrogens (primary N) is 1. The highest BCUT2D eigenvalue weighted by molar-refractivity contribution is 4.91. The lowest BCUT2D eigenvalue weighted by atomic mass is 10.1. The number of aliphatic hydroxyl groups is 5. The summed E-state index contributed by atoms with van der Waals surface area (Å²) in [6, 6.07) is 0. The van der Waals surface area contributed by atoms with Gasteiger partial charge in [0.2, 0.25) is 0 Å². The van der Waals surface area contributed by atoms with Gasteiger partial charge in [-0.25, -0.2) is 0 Å². The molecule has 1 aliphatic heterocycles. The van der Waals surface area contributed by atoms with Crippen LogP contribution in [0.1, 0.15) is 0 Å². The Hall–Kier alpha value is -0.280. The number of hydrogen-bond donors (Lipinski definition) is 6. The first-order valence-corrected chi connectivity index (χ1v) is 3.76. The van der Waals surface area contributed by atoms with Crippen molar-refractivity contribution < 1.29 is 30.3 Å². The Morgan fingerprint density at radius 1 is 1.08 bits per heavy atom. The van der Waals surface area contributed by atoms with Gasteiger partial charge in [-0.05, 0) is 0 Å². The minimum absolute atomic E-state index is 1.29. The fraction of sp³-hybridized carbons (Fsp3) is 1.00. The van der Waals surface area contributed by atoms with Crippen LogP contribution in [0.4, 0.5) is 0 Å². The number of aliphatic hydroxyl groups excluding tert-OH is 5. The van der Waals surface area contributed by atoms with E-state index in [1.54, 1.807) is 0 Å². The standard InChI is InChI=1S/C6H13NO6/c7-5(11)3(10)4-1(8)2(9)6(12)13-4/h1-6,8-12H,7H2/t1-,2-,3+,4+,5?,6?/m1/s1. The summed E-state index contributed by atoms with van der Waals surface area (Å²) in [5, 5.41) is 45.0. The molecule has 1 heterocycles. The Morgan fingerprint density at radius 3 is 1.92 bits per heavy atom. The first kappa shape index (κ1) is 10.8. The molecule has 0 aromatic heterocycles. The van der Waals surface area contributed by atoms with Crippen LogP contribution in [0.5, 0.6) is 0 Å². The van der Waals surface area contributed by atoms with Crippen molar-refractivity contribution in [2.45, 2.75) is 36.9 Å². The molecule has 6 atom stereocenters. The van der Waals surface area contributed by atoms with Crippen molar-refractivity contribution in [3.8, 4) is 0 Å². The zero-order valence-corrected chi connectivity index (χ0v) is 6.69. The second-order valence-electron chi connectivity index (χ2n) is 2.95. The van der Waals surface area contributed by atoms with Crippen molar-refractivity contribution in [2.75, 3.05) is 0 Å². The molecule has 0 bridgehead atoms. The molecular weight excluding hydrogens is 182 g/mol. The maximum absolute atomic E-state index is 9.19. The molecule has 1 rings (SSSR count). The second-order valence-corrected chi connectivity index (χ2v) is 2.95. The molecule has 7 heteroatoms. The number of hydrogen-bond acceptors (Lipinski definition) is 7. The predicted octanol–water partition coefficient (Wildman–Crippen LogP) is -3.94. The molecule has 78 valence electrons. The fourth-order valence-corrected chi connectivity index (χ4v) is 1.16. The number of ether oxygens (including phenoxy) is 1. The largest absolute Gasteiger partial charge is 0.387 e. The monoisotopic (exact) mass is 195 g/mol. The topological polar surface area (TPSA) is 136 Å². The van der Waals surface area contributed by atoms with Crippen LogP contribution in [-0.4, -0.2) is 62.5 Å².